The maximum atomic E-state index is 11.7. The number of hydrogen-bond acceptors (Lipinski definition) is 3. The van der Waals surface area contributed by atoms with Crippen molar-refractivity contribution >= 4 is 12.1 Å². The van der Waals surface area contributed by atoms with Crippen LogP contribution in [0.25, 0.3) is 0 Å². The molecule has 0 aliphatic rings. The summed E-state index contributed by atoms with van der Waals surface area (Å²) in [6, 6.07) is -0.953. The summed E-state index contributed by atoms with van der Waals surface area (Å²) in [5.41, 5.74) is -0.653. The molecule has 0 saturated carbocycles. The highest BCUT2D eigenvalue weighted by Crippen LogP contribution is 2.08. The highest BCUT2D eigenvalue weighted by atomic mass is 16.6. The third-order valence-electron chi connectivity index (χ3n) is 4.07. The van der Waals surface area contributed by atoms with E-state index in [1.54, 1.807) is 20.8 Å². The van der Waals surface area contributed by atoms with Gasteiger partial charge in [0.05, 0.1) is 0 Å². The van der Waals surface area contributed by atoms with Crippen molar-refractivity contribution in [1.82, 2.24) is 5.32 Å². The molecular weight excluding hydrogens is 378 g/mol. The second-order valence-electron chi connectivity index (χ2n) is 8.20. The smallest absolute Gasteiger partial charge is 0.408 e. The highest BCUT2D eigenvalue weighted by Gasteiger charge is 2.23. The number of aliphatic carboxylic acids is 1. The fourth-order valence-electron chi connectivity index (χ4n) is 2.53. The molecule has 0 fully saturated rings. The number of carbonyl (C=O) groups excluding carboxylic acids is 1. The van der Waals surface area contributed by atoms with E-state index >= 15 is 0 Å². The lowest BCUT2D eigenvalue weighted by Gasteiger charge is -2.21. The molecule has 5 nitrogen and oxygen atoms in total. The van der Waals surface area contributed by atoms with E-state index in [0.717, 1.165) is 19.3 Å². The van der Waals surface area contributed by atoms with E-state index < -0.39 is 23.7 Å². The maximum Gasteiger partial charge on any atom is 0.408 e. The first kappa shape index (κ1) is 27.7. The molecule has 5 heteroatoms. The molecule has 0 heterocycles. The Labute approximate surface area is 183 Å². The van der Waals surface area contributed by atoms with E-state index in [1.165, 1.54) is 25.7 Å². The van der Waals surface area contributed by atoms with Crippen LogP contribution in [0.5, 0.6) is 0 Å². The largest absolute Gasteiger partial charge is 0.480 e. The summed E-state index contributed by atoms with van der Waals surface area (Å²) in [4.78, 5) is 23.0. The molecule has 1 amide bonds. The molecule has 1 atom stereocenters. The SMILES string of the molecule is CCCCC/C=C\C/C=C\C/C=C\C/C=C\CC[C@H](NC(=O)OC(C)(C)C)C(=O)O. The van der Waals surface area contributed by atoms with E-state index in [0.29, 0.717) is 12.8 Å². The predicted molar refractivity (Wildman–Crippen MR) is 125 cm³/mol. The molecule has 0 aliphatic carbocycles. The van der Waals surface area contributed by atoms with Gasteiger partial charge in [-0.2, -0.15) is 0 Å². The summed E-state index contributed by atoms with van der Waals surface area (Å²) < 4.78 is 5.10. The van der Waals surface area contributed by atoms with Crippen LogP contribution in [0, 0.1) is 0 Å². The molecule has 0 unspecified atom stereocenters. The van der Waals surface area contributed by atoms with Crippen LogP contribution in [0.15, 0.2) is 48.6 Å². The fourth-order valence-corrected chi connectivity index (χ4v) is 2.53. The zero-order valence-electron chi connectivity index (χ0n) is 19.2. The quantitative estimate of drug-likeness (QED) is 0.228. The number of alkyl carbamates (subject to hydrolysis) is 1. The number of carbonyl (C=O) groups is 2. The lowest BCUT2D eigenvalue weighted by atomic mass is 10.1. The zero-order valence-corrected chi connectivity index (χ0v) is 19.2. The van der Waals surface area contributed by atoms with Gasteiger partial charge in [-0.15, -0.1) is 0 Å². The third-order valence-corrected chi connectivity index (χ3v) is 4.07. The molecule has 0 radical (unpaired) electrons. The molecule has 0 aromatic heterocycles. The number of unbranched alkanes of at least 4 members (excludes halogenated alkanes) is 3. The fraction of sp³-hybridized carbons (Fsp3) is 0.600. The second-order valence-corrected chi connectivity index (χ2v) is 8.20. The van der Waals surface area contributed by atoms with Crippen LogP contribution in [0.3, 0.4) is 0 Å². The Morgan fingerprint density at radius 2 is 1.37 bits per heavy atom. The average molecular weight is 420 g/mol. The Hall–Kier alpha value is -2.30. The Bertz CT molecular complexity index is 582. The topological polar surface area (TPSA) is 75.6 Å². The number of ether oxygens (including phenoxy) is 1. The van der Waals surface area contributed by atoms with E-state index in [-0.39, 0.29) is 0 Å². The van der Waals surface area contributed by atoms with Gasteiger partial charge in [0.25, 0.3) is 0 Å². The maximum absolute atomic E-state index is 11.7. The lowest BCUT2D eigenvalue weighted by Crippen LogP contribution is -2.43. The molecule has 170 valence electrons. The van der Waals surface area contributed by atoms with Crippen molar-refractivity contribution in [1.29, 1.82) is 0 Å². The van der Waals surface area contributed by atoms with E-state index in [2.05, 4.69) is 48.7 Å². The van der Waals surface area contributed by atoms with Crippen LogP contribution in [0.1, 0.15) is 85.5 Å². The summed E-state index contributed by atoms with van der Waals surface area (Å²) in [5.74, 6) is -1.06. The first-order valence-corrected chi connectivity index (χ1v) is 11.1. The van der Waals surface area contributed by atoms with Crippen molar-refractivity contribution in [2.75, 3.05) is 0 Å². The van der Waals surface area contributed by atoms with Crippen molar-refractivity contribution in [3.63, 3.8) is 0 Å². The molecule has 2 N–H and O–H groups in total. The minimum atomic E-state index is -1.06. The summed E-state index contributed by atoms with van der Waals surface area (Å²) in [5, 5.41) is 11.6. The van der Waals surface area contributed by atoms with Crippen LogP contribution in [-0.2, 0) is 9.53 Å². The summed E-state index contributed by atoms with van der Waals surface area (Å²) in [6.07, 6.45) is 24.9. The van der Waals surface area contributed by atoms with Crippen LogP contribution in [-0.4, -0.2) is 28.8 Å². The van der Waals surface area contributed by atoms with Crippen LogP contribution in [0.4, 0.5) is 4.79 Å². The van der Waals surface area contributed by atoms with Gasteiger partial charge in [-0.25, -0.2) is 9.59 Å². The van der Waals surface area contributed by atoms with Crippen LogP contribution in [0.2, 0.25) is 0 Å². The van der Waals surface area contributed by atoms with Crippen molar-refractivity contribution in [2.45, 2.75) is 97.1 Å². The van der Waals surface area contributed by atoms with Gasteiger partial charge in [0.15, 0.2) is 0 Å². The molecule has 0 aromatic rings. The monoisotopic (exact) mass is 419 g/mol. The minimum Gasteiger partial charge on any atom is -0.480 e. The molecule has 0 saturated heterocycles. The highest BCUT2D eigenvalue weighted by molar-refractivity contribution is 5.79. The number of allylic oxidation sites excluding steroid dienone is 8. The molecule has 0 spiro atoms. The Kier molecular flexibility index (Phi) is 16.2. The van der Waals surface area contributed by atoms with Gasteiger partial charge in [0, 0.05) is 0 Å². The van der Waals surface area contributed by atoms with Gasteiger partial charge < -0.3 is 15.2 Å². The van der Waals surface area contributed by atoms with Gasteiger partial charge in [0.1, 0.15) is 11.6 Å². The van der Waals surface area contributed by atoms with E-state index in [9.17, 15) is 14.7 Å². The minimum absolute atomic E-state index is 0.323. The molecule has 0 aliphatic heterocycles. The number of hydrogen-bond donors (Lipinski definition) is 2. The second kappa shape index (κ2) is 17.5. The number of amides is 1. The van der Waals surface area contributed by atoms with E-state index in [1.807, 2.05) is 12.2 Å². The predicted octanol–water partition coefficient (Wildman–Crippen LogP) is 6.72. The summed E-state index contributed by atoms with van der Waals surface area (Å²) in [6.45, 7) is 7.43. The van der Waals surface area contributed by atoms with Crippen molar-refractivity contribution in [3.05, 3.63) is 48.6 Å². The number of carboxylic acids is 1. The average Bonchev–Trinajstić information content (AvgIpc) is 2.65. The van der Waals surface area contributed by atoms with Gasteiger partial charge >= 0.3 is 12.1 Å². The van der Waals surface area contributed by atoms with Gasteiger partial charge in [0.2, 0.25) is 0 Å². The lowest BCUT2D eigenvalue weighted by molar-refractivity contribution is -0.139. The molecule has 0 rings (SSSR count). The first-order valence-electron chi connectivity index (χ1n) is 11.1. The zero-order chi connectivity index (χ0) is 22.7. The molecule has 0 aromatic carbocycles. The van der Waals surface area contributed by atoms with E-state index in [4.69, 9.17) is 4.74 Å². The van der Waals surface area contributed by atoms with Crippen LogP contribution < -0.4 is 5.32 Å². The molecule has 0 bridgehead atoms. The Morgan fingerprint density at radius 1 is 0.867 bits per heavy atom. The standard InChI is InChI=1S/C25H41NO4/c1-5-6-7-8-9-10-11-12-13-14-15-16-17-18-19-20-21-22(23(27)28)26-24(29)30-25(2,3)4/h9-10,12-13,15-16,18-19,22H,5-8,11,14,17,20-21H2,1-4H3,(H,26,29)(H,27,28)/b10-9-,13-12-,16-15-,19-18-/t22-/m0/s1. The summed E-state index contributed by atoms with van der Waals surface area (Å²) >= 11 is 0. The first-order chi connectivity index (χ1) is 14.3. The number of carboxylic acid groups (broad SMARTS) is 1. The van der Waals surface area contributed by atoms with Gasteiger partial charge in [-0.05, 0) is 65.7 Å². The third kappa shape index (κ3) is 19.0. The van der Waals surface area contributed by atoms with Gasteiger partial charge in [-0.3, -0.25) is 0 Å². The molecule has 30 heavy (non-hydrogen) atoms. The normalized spacial score (nSPS) is 13.6. The Morgan fingerprint density at radius 3 is 1.83 bits per heavy atom. The van der Waals surface area contributed by atoms with Crippen molar-refractivity contribution in [3.8, 4) is 0 Å². The number of rotatable bonds is 15. The summed E-state index contributed by atoms with van der Waals surface area (Å²) in [7, 11) is 0. The van der Waals surface area contributed by atoms with Crippen LogP contribution >= 0.6 is 0 Å². The molecular formula is C25H41NO4. The van der Waals surface area contributed by atoms with Gasteiger partial charge in [-0.1, -0.05) is 68.4 Å². The number of nitrogens with one attached hydrogen (secondary N) is 1. The van der Waals surface area contributed by atoms with Crippen molar-refractivity contribution < 1.29 is 19.4 Å². The van der Waals surface area contributed by atoms with Crippen molar-refractivity contribution in [2.24, 2.45) is 0 Å². The Balaban J connectivity index is 3.93.